The zero-order valence-corrected chi connectivity index (χ0v) is 12.4. The standard InChI is InChI=1S/C10H10BrIOS/c1-6(11)10(13)8-4-3-7(12)5-9(8)14-2/h3-6H,1-2H3. The lowest BCUT2D eigenvalue weighted by atomic mass is 10.1. The monoisotopic (exact) mass is 384 g/mol. The summed E-state index contributed by atoms with van der Waals surface area (Å²) in [6.45, 7) is 1.85. The maximum Gasteiger partial charge on any atom is 0.177 e. The molecule has 0 aliphatic heterocycles. The molecule has 1 nitrogen and oxygen atoms in total. The third-order valence-electron chi connectivity index (χ3n) is 1.79. The van der Waals surface area contributed by atoms with E-state index in [9.17, 15) is 4.79 Å². The van der Waals surface area contributed by atoms with E-state index >= 15 is 0 Å². The van der Waals surface area contributed by atoms with Gasteiger partial charge < -0.3 is 0 Å². The van der Waals surface area contributed by atoms with E-state index in [2.05, 4.69) is 38.5 Å². The number of ketones is 1. The second-order valence-corrected chi connectivity index (χ2v) is 6.29. The minimum Gasteiger partial charge on any atom is -0.293 e. The van der Waals surface area contributed by atoms with Crippen LogP contribution in [0.25, 0.3) is 0 Å². The summed E-state index contributed by atoms with van der Waals surface area (Å²) in [5.41, 5.74) is 0.808. The van der Waals surface area contributed by atoms with E-state index in [4.69, 9.17) is 0 Å². The molecule has 14 heavy (non-hydrogen) atoms. The first kappa shape index (κ1) is 12.5. The Balaban J connectivity index is 3.14. The van der Waals surface area contributed by atoms with Crippen molar-refractivity contribution in [3.63, 3.8) is 0 Å². The third kappa shape index (κ3) is 2.97. The third-order valence-corrected chi connectivity index (χ3v) is 3.65. The number of benzene rings is 1. The first-order chi connectivity index (χ1) is 6.56. The highest BCUT2D eigenvalue weighted by atomic mass is 127. The average Bonchev–Trinajstić information content (AvgIpc) is 2.16. The predicted molar refractivity (Wildman–Crippen MR) is 73.7 cm³/mol. The minimum atomic E-state index is -0.117. The Morgan fingerprint density at radius 1 is 1.57 bits per heavy atom. The zero-order valence-electron chi connectivity index (χ0n) is 7.88. The van der Waals surface area contributed by atoms with Gasteiger partial charge in [0.15, 0.2) is 5.78 Å². The van der Waals surface area contributed by atoms with Crippen molar-refractivity contribution in [3.05, 3.63) is 27.3 Å². The van der Waals surface area contributed by atoms with Crippen molar-refractivity contribution in [1.82, 2.24) is 0 Å². The number of alkyl halides is 1. The number of carbonyl (C=O) groups excluding carboxylic acids is 1. The molecular weight excluding hydrogens is 375 g/mol. The molecular formula is C10H10BrIOS. The number of hydrogen-bond acceptors (Lipinski definition) is 2. The van der Waals surface area contributed by atoms with Crippen LogP contribution < -0.4 is 0 Å². The van der Waals surface area contributed by atoms with Crippen molar-refractivity contribution in [1.29, 1.82) is 0 Å². The number of Topliss-reactive ketones (excluding diaryl/α,β-unsaturated/α-hetero) is 1. The summed E-state index contributed by atoms with van der Waals surface area (Å²) in [4.78, 5) is 12.7. The fourth-order valence-corrected chi connectivity index (χ4v) is 2.67. The van der Waals surface area contributed by atoms with E-state index < -0.39 is 0 Å². The Kier molecular flexibility index (Phi) is 4.93. The second kappa shape index (κ2) is 5.51. The molecule has 0 heterocycles. The summed E-state index contributed by atoms with van der Waals surface area (Å²) in [7, 11) is 0. The molecule has 1 atom stereocenters. The van der Waals surface area contributed by atoms with Crippen LogP contribution in [0.2, 0.25) is 0 Å². The van der Waals surface area contributed by atoms with Crippen LogP contribution in [0, 0.1) is 3.57 Å². The molecule has 0 saturated carbocycles. The lowest BCUT2D eigenvalue weighted by molar-refractivity contribution is 0.0993. The van der Waals surface area contributed by atoms with E-state index in [0.717, 1.165) is 14.0 Å². The molecule has 4 heteroatoms. The van der Waals surface area contributed by atoms with Gasteiger partial charge in [-0.2, -0.15) is 0 Å². The highest BCUT2D eigenvalue weighted by molar-refractivity contribution is 14.1. The molecule has 0 spiro atoms. The molecule has 0 bridgehead atoms. The maximum absolute atomic E-state index is 11.8. The summed E-state index contributed by atoms with van der Waals surface area (Å²) in [5.74, 6) is 0.144. The lowest BCUT2D eigenvalue weighted by Gasteiger charge is -2.08. The molecule has 0 aliphatic carbocycles. The van der Waals surface area contributed by atoms with E-state index in [1.54, 1.807) is 11.8 Å². The molecule has 1 unspecified atom stereocenters. The second-order valence-electron chi connectivity index (χ2n) is 2.82. The zero-order chi connectivity index (χ0) is 10.7. The quantitative estimate of drug-likeness (QED) is 0.339. The predicted octanol–water partition coefficient (Wildman–Crippen LogP) is 3.98. The Bertz CT molecular complexity index is 352. The summed E-state index contributed by atoms with van der Waals surface area (Å²) < 4.78 is 1.16. The van der Waals surface area contributed by atoms with Gasteiger partial charge in [-0.05, 0) is 54.0 Å². The topological polar surface area (TPSA) is 17.1 Å². The Hall–Kier alpha value is 0.450. The van der Waals surface area contributed by atoms with Crippen molar-refractivity contribution in [2.45, 2.75) is 16.6 Å². The molecule has 76 valence electrons. The number of thioether (sulfide) groups is 1. The summed E-state index contributed by atoms with van der Waals surface area (Å²) in [6.07, 6.45) is 1.99. The highest BCUT2D eigenvalue weighted by Crippen LogP contribution is 2.25. The van der Waals surface area contributed by atoms with Gasteiger partial charge in [0.05, 0.1) is 4.83 Å². The van der Waals surface area contributed by atoms with Gasteiger partial charge >= 0.3 is 0 Å². The van der Waals surface area contributed by atoms with Crippen molar-refractivity contribution in [2.75, 3.05) is 6.26 Å². The van der Waals surface area contributed by atoms with Crippen LogP contribution in [0.3, 0.4) is 0 Å². The highest BCUT2D eigenvalue weighted by Gasteiger charge is 2.15. The van der Waals surface area contributed by atoms with E-state index in [1.165, 1.54) is 0 Å². The van der Waals surface area contributed by atoms with Crippen molar-refractivity contribution in [2.24, 2.45) is 0 Å². The van der Waals surface area contributed by atoms with Crippen LogP contribution in [0.1, 0.15) is 17.3 Å². The molecule has 0 aliphatic rings. The van der Waals surface area contributed by atoms with E-state index in [0.29, 0.717) is 0 Å². The molecule has 0 aromatic heterocycles. The summed E-state index contributed by atoms with van der Waals surface area (Å²) in [5, 5.41) is 0. The molecule has 0 saturated heterocycles. The maximum atomic E-state index is 11.8. The van der Waals surface area contributed by atoms with Gasteiger partial charge in [0.25, 0.3) is 0 Å². The summed E-state index contributed by atoms with van der Waals surface area (Å²) >= 11 is 7.16. The normalized spacial score (nSPS) is 12.6. The Morgan fingerprint density at radius 3 is 2.71 bits per heavy atom. The number of hydrogen-bond donors (Lipinski definition) is 0. The fourth-order valence-electron chi connectivity index (χ4n) is 1.08. The lowest BCUT2D eigenvalue weighted by Crippen LogP contribution is -2.11. The van der Waals surface area contributed by atoms with Crippen LogP contribution in [0.15, 0.2) is 23.1 Å². The average molecular weight is 385 g/mol. The SMILES string of the molecule is CSc1cc(I)ccc1C(=O)C(C)Br. The minimum absolute atomic E-state index is 0.117. The first-order valence-corrected chi connectivity index (χ1v) is 7.30. The van der Waals surface area contributed by atoms with Crippen molar-refractivity contribution in [3.8, 4) is 0 Å². The first-order valence-electron chi connectivity index (χ1n) is 4.08. The fraction of sp³-hybridized carbons (Fsp3) is 0.300. The largest absolute Gasteiger partial charge is 0.293 e. The van der Waals surface area contributed by atoms with Gasteiger partial charge in [-0.25, -0.2) is 0 Å². The van der Waals surface area contributed by atoms with E-state index in [-0.39, 0.29) is 10.6 Å². The Labute approximate surface area is 110 Å². The molecule has 0 fully saturated rings. The van der Waals surface area contributed by atoms with Crippen LogP contribution in [0.4, 0.5) is 0 Å². The molecule has 0 radical (unpaired) electrons. The van der Waals surface area contributed by atoms with Gasteiger partial charge in [-0.3, -0.25) is 4.79 Å². The molecule has 0 amide bonds. The smallest absolute Gasteiger partial charge is 0.177 e. The number of halogens is 2. The molecule has 1 aromatic rings. The van der Waals surface area contributed by atoms with E-state index in [1.807, 2.05) is 31.4 Å². The van der Waals surface area contributed by atoms with Gasteiger partial charge in [0.1, 0.15) is 0 Å². The van der Waals surface area contributed by atoms with Crippen molar-refractivity contribution >= 4 is 56.1 Å². The van der Waals surface area contributed by atoms with Crippen LogP contribution in [-0.4, -0.2) is 16.9 Å². The van der Waals surface area contributed by atoms with Crippen LogP contribution >= 0.6 is 50.3 Å². The summed E-state index contributed by atoms with van der Waals surface area (Å²) in [6, 6.07) is 5.89. The van der Waals surface area contributed by atoms with Crippen molar-refractivity contribution < 1.29 is 4.79 Å². The van der Waals surface area contributed by atoms with Crippen LogP contribution in [0.5, 0.6) is 0 Å². The van der Waals surface area contributed by atoms with Gasteiger partial charge in [-0.1, -0.05) is 15.9 Å². The molecule has 0 N–H and O–H groups in total. The Morgan fingerprint density at radius 2 is 2.21 bits per heavy atom. The molecule has 1 rings (SSSR count). The van der Waals surface area contributed by atoms with Crippen LogP contribution in [-0.2, 0) is 0 Å². The number of carbonyl (C=O) groups is 1. The van der Waals surface area contributed by atoms with Gasteiger partial charge in [0.2, 0.25) is 0 Å². The van der Waals surface area contributed by atoms with Gasteiger partial charge in [-0.15, -0.1) is 11.8 Å². The number of rotatable bonds is 3. The van der Waals surface area contributed by atoms with Gasteiger partial charge in [0, 0.05) is 14.0 Å². The molecule has 1 aromatic carbocycles.